The SMILES string of the molecule is CCN(CC)S(=O)(=O)c1c(O)c(NC(=NC#N)Nc2cccc(Cl)c2Cl)cn1C. The quantitative estimate of drug-likeness (QED) is 0.346. The maximum atomic E-state index is 12.8. The van der Waals surface area contributed by atoms with E-state index in [0.29, 0.717) is 10.7 Å². The predicted octanol–water partition coefficient (Wildman–Crippen LogP) is 3.43. The molecule has 0 aliphatic carbocycles. The average molecular weight is 459 g/mol. The standard InChI is InChI=1S/C17H20Cl2N6O3S/c1-4-25(5-2)29(27,28)16-15(26)13(9-24(16)3)23-17(21-10-20)22-12-8-6-7-11(18)14(12)19/h6-9,26H,4-5H2,1-3H3,(H2,21,22,23). The van der Waals surface area contributed by atoms with Gasteiger partial charge in [-0.25, -0.2) is 8.42 Å². The number of rotatable bonds is 6. The van der Waals surface area contributed by atoms with Crippen molar-refractivity contribution in [1.29, 1.82) is 5.26 Å². The van der Waals surface area contributed by atoms with E-state index in [2.05, 4.69) is 15.6 Å². The number of halogens is 2. The lowest BCUT2D eigenvalue weighted by atomic mass is 10.3. The summed E-state index contributed by atoms with van der Waals surface area (Å²) in [5.74, 6) is -0.576. The van der Waals surface area contributed by atoms with E-state index in [1.165, 1.54) is 22.1 Å². The molecular weight excluding hydrogens is 439 g/mol. The van der Waals surface area contributed by atoms with Gasteiger partial charge in [-0.2, -0.15) is 9.57 Å². The van der Waals surface area contributed by atoms with Crippen molar-refractivity contribution in [1.82, 2.24) is 8.87 Å². The van der Waals surface area contributed by atoms with Crippen molar-refractivity contribution in [2.24, 2.45) is 12.0 Å². The van der Waals surface area contributed by atoms with Crippen LogP contribution in [0.5, 0.6) is 5.75 Å². The van der Waals surface area contributed by atoms with Crippen molar-refractivity contribution in [3.8, 4) is 11.9 Å². The minimum Gasteiger partial charge on any atom is -0.503 e. The highest BCUT2D eigenvalue weighted by molar-refractivity contribution is 7.89. The lowest BCUT2D eigenvalue weighted by Gasteiger charge is -2.18. The molecule has 0 spiro atoms. The second-order valence-corrected chi connectivity index (χ2v) is 8.45. The summed E-state index contributed by atoms with van der Waals surface area (Å²) in [6, 6.07) is 4.86. The van der Waals surface area contributed by atoms with E-state index >= 15 is 0 Å². The zero-order chi connectivity index (χ0) is 21.8. The van der Waals surface area contributed by atoms with Gasteiger partial charge >= 0.3 is 0 Å². The van der Waals surface area contributed by atoms with E-state index in [1.807, 2.05) is 0 Å². The van der Waals surface area contributed by atoms with E-state index in [4.69, 9.17) is 28.5 Å². The maximum absolute atomic E-state index is 12.8. The van der Waals surface area contributed by atoms with Crippen LogP contribution in [0.3, 0.4) is 0 Å². The average Bonchev–Trinajstić information content (AvgIpc) is 2.93. The van der Waals surface area contributed by atoms with E-state index in [9.17, 15) is 13.5 Å². The van der Waals surface area contributed by atoms with Gasteiger partial charge in [0.15, 0.2) is 10.8 Å². The van der Waals surface area contributed by atoms with Crippen LogP contribution in [-0.4, -0.2) is 41.4 Å². The molecule has 0 amide bonds. The molecule has 0 aliphatic rings. The molecule has 0 saturated heterocycles. The number of nitrogens with zero attached hydrogens (tertiary/aromatic N) is 4. The maximum Gasteiger partial charge on any atom is 0.262 e. The first-order chi connectivity index (χ1) is 13.7. The Bertz CT molecular complexity index is 1070. The fraction of sp³-hybridized carbons (Fsp3) is 0.294. The summed E-state index contributed by atoms with van der Waals surface area (Å²) in [7, 11) is -2.43. The van der Waals surface area contributed by atoms with Crippen LogP contribution >= 0.6 is 23.2 Å². The molecular formula is C17H20Cl2N6O3S. The third-order valence-electron chi connectivity index (χ3n) is 4.01. The summed E-state index contributed by atoms with van der Waals surface area (Å²) in [5.41, 5.74) is 0.407. The summed E-state index contributed by atoms with van der Waals surface area (Å²) in [4.78, 5) is 3.61. The van der Waals surface area contributed by atoms with Gasteiger partial charge < -0.3 is 20.3 Å². The molecule has 0 fully saturated rings. The van der Waals surface area contributed by atoms with Gasteiger partial charge in [-0.05, 0) is 12.1 Å². The van der Waals surface area contributed by atoms with E-state index in [1.54, 1.807) is 38.2 Å². The molecule has 9 nitrogen and oxygen atoms in total. The number of anilines is 2. The molecule has 1 aromatic heterocycles. The van der Waals surface area contributed by atoms with Gasteiger partial charge in [0.25, 0.3) is 10.0 Å². The van der Waals surface area contributed by atoms with Gasteiger partial charge in [0.2, 0.25) is 12.2 Å². The molecule has 0 radical (unpaired) electrons. The Kier molecular flexibility index (Phi) is 7.37. The molecule has 2 aromatic rings. The number of nitrogens with one attached hydrogen (secondary N) is 2. The monoisotopic (exact) mass is 458 g/mol. The molecule has 29 heavy (non-hydrogen) atoms. The molecule has 0 bridgehead atoms. The molecule has 0 unspecified atom stereocenters. The van der Waals surface area contributed by atoms with Gasteiger partial charge in [-0.15, -0.1) is 4.99 Å². The van der Waals surface area contributed by atoms with E-state index < -0.39 is 15.8 Å². The Hall–Kier alpha value is -2.45. The summed E-state index contributed by atoms with van der Waals surface area (Å²) in [5, 5.41) is 25.3. The number of nitriles is 1. The lowest BCUT2D eigenvalue weighted by Crippen LogP contribution is -2.31. The zero-order valence-electron chi connectivity index (χ0n) is 15.9. The second kappa shape index (κ2) is 9.37. The topological polar surface area (TPSA) is 123 Å². The Morgan fingerprint density at radius 2 is 1.90 bits per heavy atom. The van der Waals surface area contributed by atoms with Gasteiger partial charge in [0.05, 0.1) is 15.7 Å². The third-order valence-corrected chi connectivity index (χ3v) is 7.00. The van der Waals surface area contributed by atoms with Crippen LogP contribution in [0.1, 0.15) is 13.8 Å². The fourth-order valence-corrected chi connectivity index (χ4v) is 4.71. The number of hydrogen-bond acceptors (Lipinski definition) is 5. The number of sulfonamides is 1. The molecule has 156 valence electrons. The number of aromatic nitrogens is 1. The highest BCUT2D eigenvalue weighted by Gasteiger charge is 2.30. The van der Waals surface area contributed by atoms with E-state index in [-0.39, 0.29) is 34.8 Å². The number of benzene rings is 1. The third kappa shape index (κ3) is 4.76. The van der Waals surface area contributed by atoms with Crippen LogP contribution in [0.15, 0.2) is 34.4 Å². The minimum atomic E-state index is -3.92. The Morgan fingerprint density at radius 1 is 1.28 bits per heavy atom. The highest BCUT2D eigenvalue weighted by Crippen LogP contribution is 2.35. The van der Waals surface area contributed by atoms with Gasteiger partial charge in [-0.3, -0.25) is 0 Å². The van der Waals surface area contributed by atoms with Crippen LogP contribution < -0.4 is 10.6 Å². The van der Waals surface area contributed by atoms with Crippen molar-refractivity contribution in [2.75, 3.05) is 23.7 Å². The van der Waals surface area contributed by atoms with Crippen molar-refractivity contribution in [3.05, 3.63) is 34.4 Å². The highest BCUT2D eigenvalue weighted by atomic mass is 35.5. The summed E-state index contributed by atoms with van der Waals surface area (Å²) in [6.45, 7) is 3.91. The van der Waals surface area contributed by atoms with Crippen LogP contribution in [0.25, 0.3) is 0 Å². The molecule has 1 heterocycles. The molecule has 0 saturated carbocycles. The fourth-order valence-electron chi connectivity index (χ4n) is 2.67. The van der Waals surface area contributed by atoms with Gasteiger partial charge in [0.1, 0.15) is 5.69 Å². The Labute approximate surface area is 179 Å². The lowest BCUT2D eigenvalue weighted by molar-refractivity contribution is 0.421. The van der Waals surface area contributed by atoms with Crippen molar-refractivity contribution in [2.45, 2.75) is 18.9 Å². The number of aromatic hydroxyl groups is 1. The first-order valence-electron chi connectivity index (χ1n) is 8.50. The second-order valence-electron chi connectivity index (χ2n) is 5.81. The number of guanidine groups is 1. The summed E-state index contributed by atoms with van der Waals surface area (Å²) in [6.07, 6.45) is 3.00. The van der Waals surface area contributed by atoms with Gasteiger partial charge in [-0.1, -0.05) is 43.1 Å². The first kappa shape index (κ1) is 22.8. The number of hydrogen-bond donors (Lipinski definition) is 3. The molecule has 0 aliphatic heterocycles. The van der Waals surface area contributed by atoms with Gasteiger partial charge in [0, 0.05) is 26.3 Å². The zero-order valence-corrected chi connectivity index (χ0v) is 18.3. The summed E-state index contributed by atoms with van der Waals surface area (Å²) >= 11 is 12.1. The minimum absolute atomic E-state index is 0.0397. The Morgan fingerprint density at radius 3 is 2.48 bits per heavy atom. The van der Waals surface area contributed by atoms with Crippen molar-refractivity contribution >= 4 is 50.6 Å². The molecule has 12 heteroatoms. The number of aliphatic imine (C=N–C) groups is 1. The smallest absolute Gasteiger partial charge is 0.262 e. The first-order valence-corrected chi connectivity index (χ1v) is 10.7. The van der Waals surface area contributed by atoms with Crippen LogP contribution in [0.4, 0.5) is 11.4 Å². The van der Waals surface area contributed by atoms with Crippen LogP contribution in [-0.2, 0) is 17.1 Å². The molecule has 0 atom stereocenters. The largest absolute Gasteiger partial charge is 0.503 e. The number of aryl methyl sites for hydroxylation is 1. The van der Waals surface area contributed by atoms with Crippen LogP contribution in [0.2, 0.25) is 10.0 Å². The van der Waals surface area contributed by atoms with E-state index in [0.717, 1.165) is 0 Å². The normalized spacial score (nSPS) is 12.1. The van der Waals surface area contributed by atoms with Crippen LogP contribution in [0, 0.1) is 11.5 Å². The van der Waals surface area contributed by atoms with Crippen molar-refractivity contribution < 1.29 is 13.5 Å². The molecule has 2 rings (SSSR count). The predicted molar refractivity (Wildman–Crippen MR) is 114 cm³/mol. The summed E-state index contributed by atoms with van der Waals surface area (Å²) < 4.78 is 28.1. The Balaban J connectivity index is 2.41. The molecule has 1 aromatic carbocycles. The molecule has 3 N–H and O–H groups in total. The van der Waals surface area contributed by atoms with Crippen molar-refractivity contribution in [3.63, 3.8) is 0 Å².